The standard InChI is InChI=1S/C6H12N2/c7-4-6-3-5(6)1-2-8-6/h5,8H,1-4,7H2/t5-,6-/m1/s1. The van der Waals surface area contributed by atoms with Crippen LogP contribution in [0.3, 0.4) is 0 Å². The summed E-state index contributed by atoms with van der Waals surface area (Å²) in [7, 11) is 0. The molecule has 2 nitrogen and oxygen atoms in total. The van der Waals surface area contributed by atoms with Crippen LogP contribution in [0.25, 0.3) is 0 Å². The quantitative estimate of drug-likeness (QED) is 0.488. The van der Waals surface area contributed by atoms with Gasteiger partial charge in [-0.3, -0.25) is 0 Å². The highest BCUT2D eigenvalue weighted by Crippen LogP contribution is 2.48. The first kappa shape index (κ1) is 4.77. The zero-order valence-corrected chi connectivity index (χ0v) is 4.98. The summed E-state index contributed by atoms with van der Waals surface area (Å²) in [5, 5.41) is 3.43. The van der Waals surface area contributed by atoms with Crippen molar-refractivity contribution in [2.75, 3.05) is 13.1 Å². The van der Waals surface area contributed by atoms with Crippen molar-refractivity contribution >= 4 is 0 Å². The molecule has 0 unspecified atom stereocenters. The first-order valence-electron chi connectivity index (χ1n) is 3.32. The normalized spacial score (nSPS) is 51.4. The minimum Gasteiger partial charge on any atom is -0.329 e. The third kappa shape index (κ3) is 0.400. The van der Waals surface area contributed by atoms with Gasteiger partial charge in [-0.2, -0.15) is 0 Å². The molecular weight excluding hydrogens is 100 g/mol. The van der Waals surface area contributed by atoms with Crippen LogP contribution in [-0.2, 0) is 0 Å². The lowest BCUT2D eigenvalue weighted by atomic mass is 10.2. The number of piperidine rings is 1. The van der Waals surface area contributed by atoms with E-state index >= 15 is 0 Å². The summed E-state index contributed by atoms with van der Waals surface area (Å²) in [5.41, 5.74) is 5.98. The van der Waals surface area contributed by atoms with Crippen molar-refractivity contribution in [2.24, 2.45) is 11.7 Å². The van der Waals surface area contributed by atoms with E-state index in [1.165, 1.54) is 19.4 Å². The van der Waals surface area contributed by atoms with Gasteiger partial charge in [0, 0.05) is 12.1 Å². The van der Waals surface area contributed by atoms with Crippen LogP contribution in [0.15, 0.2) is 0 Å². The molecule has 0 amide bonds. The van der Waals surface area contributed by atoms with Crippen molar-refractivity contribution in [1.82, 2.24) is 5.32 Å². The van der Waals surface area contributed by atoms with Crippen molar-refractivity contribution in [3.8, 4) is 0 Å². The van der Waals surface area contributed by atoms with Gasteiger partial charge >= 0.3 is 0 Å². The number of hydrogen-bond acceptors (Lipinski definition) is 2. The van der Waals surface area contributed by atoms with Gasteiger partial charge in [0.25, 0.3) is 0 Å². The summed E-state index contributed by atoms with van der Waals surface area (Å²) >= 11 is 0. The monoisotopic (exact) mass is 112 g/mol. The third-order valence-electron chi connectivity index (χ3n) is 2.57. The fourth-order valence-electron chi connectivity index (χ4n) is 1.79. The molecule has 2 fully saturated rings. The molecule has 46 valence electrons. The summed E-state index contributed by atoms with van der Waals surface area (Å²) in [4.78, 5) is 0. The molecule has 1 aliphatic carbocycles. The van der Waals surface area contributed by atoms with E-state index < -0.39 is 0 Å². The van der Waals surface area contributed by atoms with Gasteiger partial charge in [0.15, 0.2) is 0 Å². The van der Waals surface area contributed by atoms with E-state index in [4.69, 9.17) is 5.73 Å². The Morgan fingerprint density at radius 1 is 1.75 bits per heavy atom. The van der Waals surface area contributed by atoms with Crippen LogP contribution in [0.1, 0.15) is 12.8 Å². The smallest absolute Gasteiger partial charge is 0.0336 e. The Hall–Kier alpha value is -0.0800. The maximum Gasteiger partial charge on any atom is 0.0336 e. The minimum atomic E-state index is 0.431. The summed E-state index contributed by atoms with van der Waals surface area (Å²) in [6, 6.07) is 0. The fourth-order valence-corrected chi connectivity index (χ4v) is 1.79. The Kier molecular flexibility index (Phi) is 0.746. The SMILES string of the molecule is NC[C@]12C[C@H]1CCN2. The largest absolute Gasteiger partial charge is 0.329 e. The van der Waals surface area contributed by atoms with E-state index in [1.54, 1.807) is 0 Å². The molecule has 2 heteroatoms. The number of fused-ring (bicyclic) bond motifs is 1. The number of nitrogens with two attached hydrogens (primary N) is 1. The number of hydrogen-bond donors (Lipinski definition) is 2. The molecule has 1 aliphatic heterocycles. The van der Waals surface area contributed by atoms with Gasteiger partial charge < -0.3 is 11.1 Å². The van der Waals surface area contributed by atoms with Crippen LogP contribution in [0.2, 0.25) is 0 Å². The van der Waals surface area contributed by atoms with Crippen LogP contribution in [0.4, 0.5) is 0 Å². The zero-order valence-electron chi connectivity index (χ0n) is 4.98. The predicted molar refractivity (Wildman–Crippen MR) is 32.5 cm³/mol. The Balaban J connectivity index is 2.08. The molecule has 0 aromatic rings. The van der Waals surface area contributed by atoms with E-state index in [9.17, 15) is 0 Å². The minimum absolute atomic E-state index is 0.431. The number of rotatable bonds is 1. The van der Waals surface area contributed by atoms with Gasteiger partial charge in [-0.25, -0.2) is 0 Å². The molecule has 1 heterocycles. The topological polar surface area (TPSA) is 38.0 Å². The molecule has 2 rings (SSSR count). The highest BCUT2D eigenvalue weighted by atomic mass is 15.1. The van der Waals surface area contributed by atoms with Crippen molar-refractivity contribution in [3.63, 3.8) is 0 Å². The molecule has 2 atom stereocenters. The molecule has 3 N–H and O–H groups in total. The first-order chi connectivity index (χ1) is 3.87. The second kappa shape index (κ2) is 1.25. The maximum atomic E-state index is 5.55. The molecule has 1 saturated carbocycles. The molecule has 0 aromatic heterocycles. The second-order valence-electron chi connectivity index (χ2n) is 2.98. The van der Waals surface area contributed by atoms with Gasteiger partial charge in [0.05, 0.1) is 0 Å². The summed E-state index contributed by atoms with van der Waals surface area (Å²) in [5.74, 6) is 0.937. The van der Waals surface area contributed by atoms with Crippen LogP contribution >= 0.6 is 0 Å². The van der Waals surface area contributed by atoms with Crippen molar-refractivity contribution in [3.05, 3.63) is 0 Å². The Morgan fingerprint density at radius 2 is 2.62 bits per heavy atom. The van der Waals surface area contributed by atoms with E-state index in [0.717, 1.165) is 12.5 Å². The molecule has 0 aromatic carbocycles. The van der Waals surface area contributed by atoms with E-state index in [1.807, 2.05) is 0 Å². The Morgan fingerprint density at radius 3 is 2.88 bits per heavy atom. The summed E-state index contributed by atoms with van der Waals surface area (Å²) in [6.07, 6.45) is 2.70. The predicted octanol–water partition coefficient (Wildman–Crippen LogP) is -0.303. The van der Waals surface area contributed by atoms with Crippen LogP contribution in [-0.4, -0.2) is 18.6 Å². The average Bonchev–Trinajstić information content (AvgIpc) is 2.38. The van der Waals surface area contributed by atoms with E-state index in [2.05, 4.69) is 5.32 Å². The zero-order chi connectivity index (χ0) is 5.61. The van der Waals surface area contributed by atoms with Crippen molar-refractivity contribution in [2.45, 2.75) is 18.4 Å². The molecule has 1 saturated heterocycles. The molecule has 0 spiro atoms. The van der Waals surface area contributed by atoms with Gasteiger partial charge in [-0.15, -0.1) is 0 Å². The molecule has 0 radical (unpaired) electrons. The second-order valence-corrected chi connectivity index (χ2v) is 2.98. The average molecular weight is 112 g/mol. The third-order valence-corrected chi connectivity index (χ3v) is 2.57. The van der Waals surface area contributed by atoms with Gasteiger partial charge in [0.1, 0.15) is 0 Å². The Bertz CT molecular complexity index is 109. The summed E-state index contributed by atoms with van der Waals surface area (Å²) in [6.45, 7) is 2.04. The lowest BCUT2D eigenvalue weighted by Crippen LogP contribution is -2.35. The van der Waals surface area contributed by atoms with Crippen LogP contribution < -0.4 is 11.1 Å². The van der Waals surface area contributed by atoms with Crippen LogP contribution in [0.5, 0.6) is 0 Å². The fraction of sp³-hybridized carbons (Fsp3) is 1.00. The van der Waals surface area contributed by atoms with Gasteiger partial charge in [-0.1, -0.05) is 0 Å². The lowest BCUT2D eigenvalue weighted by Gasteiger charge is -2.07. The summed E-state index contributed by atoms with van der Waals surface area (Å²) < 4.78 is 0. The molecule has 0 bridgehead atoms. The molecular formula is C6H12N2. The molecule has 8 heavy (non-hydrogen) atoms. The van der Waals surface area contributed by atoms with Crippen molar-refractivity contribution < 1.29 is 0 Å². The highest BCUT2D eigenvalue weighted by molar-refractivity contribution is 5.14. The van der Waals surface area contributed by atoms with Gasteiger partial charge in [0.2, 0.25) is 0 Å². The van der Waals surface area contributed by atoms with E-state index in [-0.39, 0.29) is 0 Å². The molecule has 2 aliphatic rings. The maximum absolute atomic E-state index is 5.55. The van der Waals surface area contributed by atoms with Gasteiger partial charge in [-0.05, 0) is 25.3 Å². The van der Waals surface area contributed by atoms with E-state index in [0.29, 0.717) is 5.54 Å². The van der Waals surface area contributed by atoms with Crippen molar-refractivity contribution in [1.29, 1.82) is 0 Å². The Labute approximate surface area is 49.4 Å². The van der Waals surface area contributed by atoms with Crippen LogP contribution in [0, 0.1) is 5.92 Å². The number of nitrogens with one attached hydrogen (secondary N) is 1. The highest BCUT2D eigenvalue weighted by Gasteiger charge is 2.55. The first-order valence-corrected chi connectivity index (χ1v) is 3.32. The lowest BCUT2D eigenvalue weighted by molar-refractivity contribution is 0.559.